The molecule has 0 unspecified atom stereocenters. The molecule has 6 rings (SSSR count). The Morgan fingerprint density at radius 2 is 0.778 bits per heavy atom. The smallest absolute Gasteiger partial charge is 0.160 e. The first-order valence-electron chi connectivity index (χ1n) is 11.9. The second kappa shape index (κ2) is 9.77. The molecular formula is C33H23N3. The van der Waals surface area contributed by atoms with Gasteiger partial charge in [0.25, 0.3) is 0 Å². The fourth-order valence-electron chi connectivity index (χ4n) is 4.35. The first kappa shape index (κ1) is 21.6. The molecule has 0 spiro atoms. The van der Waals surface area contributed by atoms with Gasteiger partial charge in [-0.15, -0.1) is 0 Å². The van der Waals surface area contributed by atoms with Crippen molar-refractivity contribution in [3.63, 3.8) is 0 Å². The van der Waals surface area contributed by atoms with Crippen molar-refractivity contribution in [1.82, 2.24) is 15.0 Å². The van der Waals surface area contributed by atoms with Crippen molar-refractivity contribution in [2.45, 2.75) is 0 Å². The van der Waals surface area contributed by atoms with E-state index >= 15 is 0 Å². The fourth-order valence-corrected chi connectivity index (χ4v) is 4.35. The van der Waals surface area contributed by atoms with E-state index in [1.165, 1.54) is 0 Å². The van der Waals surface area contributed by atoms with Gasteiger partial charge >= 0.3 is 0 Å². The molecule has 6 aromatic rings. The lowest BCUT2D eigenvalue weighted by atomic mass is 9.98. The Hall–Kier alpha value is -4.89. The van der Waals surface area contributed by atoms with Gasteiger partial charge in [0, 0.05) is 29.1 Å². The largest absolute Gasteiger partial charge is 0.265 e. The Balaban J connectivity index is 1.45. The highest BCUT2D eigenvalue weighted by molar-refractivity contribution is 5.77. The number of hydrogen-bond donors (Lipinski definition) is 0. The summed E-state index contributed by atoms with van der Waals surface area (Å²) < 4.78 is 0. The summed E-state index contributed by atoms with van der Waals surface area (Å²) in [5.74, 6) is 0.711. The molecule has 0 amide bonds. The van der Waals surface area contributed by atoms with Crippen LogP contribution in [0.4, 0.5) is 0 Å². The molecule has 0 saturated carbocycles. The van der Waals surface area contributed by atoms with Gasteiger partial charge in [-0.2, -0.15) is 0 Å². The summed E-state index contributed by atoms with van der Waals surface area (Å²) in [6.07, 6.45) is 3.65. The van der Waals surface area contributed by atoms with Crippen LogP contribution in [0.25, 0.3) is 56.2 Å². The van der Waals surface area contributed by atoms with Crippen LogP contribution in [0.3, 0.4) is 0 Å². The Bertz CT molecular complexity index is 1550. The van der Waals surface area contributed by atoms with E-state index in [-0.39, 0.29) is 0 Å². The van der Waals surface area contributed by atoms with Crippen molar-refractivity contribution in [2.75, 3.05) is 0 Å². The summed E-state index contributed by atoms with van der Waals surface area (Å²) in [6.45, 7) is 0. The summed E-state index contributed by atoms with van der Waals surface area (Å²) in [5.41, 5.74) is 9.51. The molecule has 0 atom stereocenters. The lowest BCUT2D eigenvalue weighted by Gasteiger charge is -2.11. The predicted molar refractivity (Wildman–Crippen MR) is 147 cm³/mol. The van der Waals surface area contributed by atoms with E-state index in [2.05, 4.69) is 83.8 Å². The van der Waals surface area contributed by atoms with Gasteiger partial charge in [-0.25, -0.2) is 9.97 Å². The second-order valence-corrected chi connectivity index (χ2v) is 8.59. The molecule has 0 aliphatic carbocycles. The van der Waals surface area contributed by atoms with Gasteiger partial charge in [-0.05, 0) is 52.6 Å². The third kappa shape index (κ3) is 4.55. The van der Waals surface area contributed by atoms with Crippen LogP contribution in [0.2, 0.25) is 0 Å². The van der Waals surface area contributed by atoms with Gasteiger partial charge in [0.15, 0.2) is 5.82 Å². The topological polar surface area (TPSA) is 38.7 Å². The van der Waals surface area contributed by atoms with E-state index in [0.717, 1.165) is 50.3 Å². The highest BCUT2D eigenvalue weighted by Gasteiger charge is 2.11. The molecule has 0 bridgehead atoms. The van der Waals surface area contributed by atoms with Gasteiger partial charge in [0.05, 0.1) is 11.4 Å². The molecule has 3 heteroatoms. The lowest BCUT2D eigenvalue weighted by molar-refractivity contribution is 1.18. The van der Waals surface area contributed by atoms with Crippen molar-refractivity contribution in [2.24, 2.45) is 0 Å². The van der Waals surface area contributed by atoms with Gasteiger partial charge < -0.3 is 0 Å². The Kier molecular flexibility index (Phi) is 5.87. The monoisotopic (exact) mass is 461 g/mol. The van der Waals surface area contributed by atoms with Crippen molar-refractivity contribution in [3.05, 3.63) is 140 Å². The summed E-state index contributed by atoms with van der Waals surface area (Å²) in [4.78, 5) is 14.1. The van der Waals surface area contributed by atoms with Crippen molar-refractivity contribution in [1.29, 1.82) is 0 Å². The molecule has 0 saturated heterocycles. The van der Waals surface area contributed by atoms with Crippen LogP contribution >= 0.6 is 0 Å². The molecule has 0 fully saturated rings. The van der Waals surface area contributed by atoms with Gasteiger partial charge in [0.2, 0.25) is 0 Å². The zero-order valence-electron chi connectivity index (χ0n) is 19.6. The normalized spacial score (nSPS) is 10.8. The highest BCUT2D eigenvalue weighted by Crippen LogP contribution is 2.31. The average Bonchev–Trinajstić information content (AvgIpc) is 2.98. The molecule has 0 aliphatic heterocycles. The van der Waals surface area contributed by atoms with Crippen molar-refractivity contribution in [3.8, 4) is 56.2 Å². The highest BCUT2D eigenvalue weighted by atomic mass is 14.9. The van der Waals surface area contributed by atoms with E-state index in [1.54, 1.807) is 0 Å². The number of benzene rings is 4. The quantitative estimate of drug-likeness (QED) is 0.260. The zero-order chi connectivity index (χ0) is 24.2. The average molecular weight is 462 g/mol. The number of rotatable bonds is 5. The van der Waals surface area contributed by atoms with Crippen LogP contribution in [-0.4, -0.2) is 15.0 Å². The van der Waals surface area contributed by atoms with Crippen LogP contribution in [0, 0.1) is 0 Å². The third-order valence-corrected chi connectivity index (χ3v) is 6.20. The number of pyridine rings is 1. The zero-order valence-corrected chi connectivity index (χ0v) is 19.6. The first-order valence-corrected chi connectivity index (χ1v) is 11.9. The van der Waals surface area contributed by atoms with Crippen LogP contribution in [-0.2, 0) is 0 Å². The molecule has 0 N–H and O–H groups in total. The minimum Gasteiger partial charge on any atom is -0.265 e. The van der Waals surface area contributed by atoms with Crippen LogP contribution in [0.1, 0.15) is 0 Å². The molecule has 0 radical (unpaired) electrons. The molecule has 2 aromatic heterocycles. The standard InChI is InChI=1S/C33H23N3/c1-3-9-25(10-4-1)31-23-32(26-11-5-2-6-12-26)36-33(35-31)30-16-8-15-29(22-30)28-14-7-13-27(21-28)24-17-19-34-20-18-24/h1-23H. The first-order chi connectivity index (χ1) is 17.8. The Morgan fingerprint density at radius 3 is 1.33 bits per heavy atom. The van der Waals surface area contributed by atoms with Crippen LogP contribution in [0.5, 0.6) is 0 Å². The van der Waals surface area contributed by atoms with E-state index in [4.69, 9.17) is 9.97 Å². The summed E-state index contributed by atoms with van der Waals surface area (Å²) in [7, 11) is 0. The second-order valence-electron chi connectivity index (χ2n) is 8.59. The summed E-state index contributed by atoms with van der Waals surface area (Å²) in [6, 6.07) is 43.7. The van der Waals surface area contributed by atoms with Crippen LogP contribution in [0.15, 0.2) is 140 Å². The molecular weight excluding hydrogens is 438 g/mol. The molecule has 4 aromatic carbocycles. The fraction of sp³-hybridized carbons (Fsp3) is 0. The minimum absolute atomic E-state index is 0.711. The van der Waals surface area contributed by atoms with Crippen molar-refractivity contribution >= 4 is 0 Å². The van der Waals surface area contributed by atoms with Crippen LogP contribution < -0.4 is 0 Å². The minimum atomic E-state index is 0.711. The SMILES string of the molecule is c1ccc(-c2cc(-c3ccccc3)nc(-c3cccc(-c4cccc(-c5ccncc5)c4)c3)n2)cc1. The maximum Gasteiger partial charge on any atom is 0.160 e. The van der Waals surface area contributed by atoms with Crippen molar-refractivity contribution < 1.29 is 0 Å². The van der Waals surface area contributed by atoms with E-state index in [9.17, 15) is 0 Å². The number of aromatic nitrogens is 3. The Labute approximate surface area is 210 Å². The van der Waals surface area contributed by atoms with E-state index < -0.39 is 0 Å². The predicted octanol–water partition coefficient (Wildman–Crippen LogP) is 8.21. The van der Waals surface area contributed by atoms with E-state index in [0.29, 0.717) is 5.82 Å². The third-order valence-electron chi connectivity index (χ3n) is 6.20. The summed E-state index contributed by atoms with van der Waals surface area (Å²) >= 11 is 0. The molecule has 36 heavy (non-hydrogen) atoms. The van der Waals surface area contributed by atoms with Gasteiger partial charge in [0.1, 0.15) is 0 Å². The molecule has 2 heterocycles. The van der Waals surface area contributed by atoms with Gasteiger partial charge in [-0.3, -0.25) is 4.98 Å². The Morgan fingerprint density at radius 1 is 0.333 bits per heavy atom. The lowest BCUT2D eigenvalue weighted by Crippen LogP contribution is -1.96. The molecule has 3 nitrogen and oxygen atoms in total. The maximum absolute atomic E-state index is 4.98. The maximum atomic E-state index is 4.98. The molecule has 0 aliphatic rings. The van der Waals surface area contributed by atoms with E-state index in [1.807, 2.05) is 60.9 Å². The van der Waals surface area contributed by atoms with Gasteiger partial charge in [-0.1, -0.05) is 97.1 Å². The number of nitrogens with zero attached hydrogens (tertiary/aromatic N) is 3. The number of hydrogen-bond acceptors (Lipinski definition) is 3. The molecule has 170 valence electrons. The summed E-state index contributed by atoms with van der Waals surface area (Å²) in [5, 5.41) is 0.